The van der Waals surface area contributed by atoms with E-state index >= 15 is 0 Å². The molecule has 0 unspecified atom stereocenters. The molecular weight excluding hydrogens is 598 g/mol. The molecule has 152 valence electrons. The van der Waals surface area contributed by atoms with E-state index in [0.717, 1.165) is 6.42 Å². The minimum Gasteiger partial charge on any atom is -0.545 e. The fourth-order valence-corrected chi connectivity index (χ4v) is 9.74. The maximum atomic E-state index is 7.14. The summed E-state index contributed by atoms with van der Waals surface area (Å²) >= 11 is 0. The Morgan fingerprint density at radius 3 is 1.97 bits per heavy atom. The molecule has 0 N–H and O–H groups in total. The Hall–Kier alpha value is -0.631. The first-order valence-corrected chi connectivity index (χ1v) is 12.1. The van der Waals surface area contributed by atoms with E-state index in [9.17, 15) is 0 Å². The summed E-state index contributed by atoms with van der Waals surface area (Å²) in [4.78, 5) is 0. The van der Waals surface area contributed by atoms with Gasteiger partial charge in [-0.1, -0.05) is 93.9 Å². The summed E-state index contributed by atoms with van der Waals surface area (Å²) in [6.07, 6.45) is 0.896. The molecule has 0 spiro atoms. The van der Waals surface area contributed by atoms with Gasteiger partial charge in [-0.15, -0.1) is 12.5 Å². The number of benzene rings is 2. The monoisotopic (exact) mass is 629 g/mol. The van der Waals surface area contributed by atoms with Gasteiger partial charge in [-0.3, -0.25) is 0 Å². The van der Waals surface area contributed by atoms with Crippen molar-refractivity contribution in [2.75, 3.05) is 6.61 Å². The van der Waals surface area contributed by atoms with Gasteiger partial charge in [0, 0.05) is 31.1 Å². The van der Waals surface area contributed by atoms with Crippen molar-refractivity contribution in [2.24, 2.45) is 11.8 Å². The normalized spacial score (nSPS) is 26.4. The summed E-state index contributed by atoms with van der Waals surface area (Å²) in [5, 5.41) is 2.61. The number of hydrogen-bond donors (Lipinski definition) is 0. The van der Waals surface area contributed by atoms with Crippen LogP contribution in [0.5, 0.6) is 0 Å². The van der Waals surface area contributed by atoms with Crippen molar-refractivity contribution in [2.45, 2.75) is 44.8 Å². The second kappa shape index (κ2) is 8.48. The van der Waals surface area contributed by atoms with Crippen LogP contribution in [0.25, 0.3) is 0 Å². The van der Waals surface area contributed by atoms with Crippen LogP contribution in [0.4, 0.5) is 0 Å². The summed E-state index contributed by atoms with van der Waals surface area (Å²) in [7, 11) is -2.54. The van der Waals surface area contributed by atoms with Gasteiger partial charge in [-0.05, 0) is 27.8 Å². The molecule has 1 saturated carbocycles. The maximum absolute atomic E-state index is 7.14. The summed E-state index contributed by atoms with van der Waals surface area (Å²) in [5.41, 5.74) is 1.01. The third-order valence-electron chi connectivity index (χ3n) is 6.77. The molecule has 2 nitrogen and oxygen atoms in total. The molecule has 2 aromatic rings. The van der Waals surface area contributed by atoms with E-state index < -0.39 is 8.32 Å². The summed E-state index contributed by atoms with van der Waals surface area (Å²) < 4.78 is 13.4. The zero-order valence-corrected chi connectivity index (χ0v) is 23.1. The summed E-state index contributed by atoms with van der Waals surface area (Å²) in [5.74, 6) is 0.779. The molecule has 2 bridgehead atoms. The summed E-state index contributed by atoms with van der Waals surface area (Å²) in [6, 6.07) is 21.6. The molecule has 0 radical (unpaired) electrons. The van der Waals surface area contributed by atoms with Gasteiger partial charge in [0.1, 0.15) is 0 Å². The van der Waals surface area contributed by atoms with Crippen molar-refractivity contribution in [1.82, 2.24) is 0 Å². The predicted molar refractivity (Wildman–Crippen MR) is 118 cm³/mol. The van der Waals surface area contributed by atoms with Gasteiger partial charge in [-0.2, -0.15) is 0 Å². The van der Waals surface area contributed by atoms with Crippen LogP contribution in [0, 0.1) is 49.6 Å². The number of hydrogen-bond acceptors (Lipinski definition) is 2. The smallest absolute Gasteiger partial charge is 0.261 e. The predicted octanol–water partition coefficient (Wildman–Crippen LogP) is 4.71. The average molecular weight is 630 g/mol. The Kier molecular flexibility index (Phi) is 6.74. The van der Waals surface area contributed by atoms with Crippen LogP contribution >= 0.6 is 0 Å². The van der Waals surface area contributed by atoms with E-state index in [1.165, 1.54) is 15.9 Å². The Labute approximate surface area is 200 Å². The molecule has 0 amide bonds. The molecule has 3 atom stereocenters. The number of rotatable bonds is 5. The van der Waals surface area contributed by atoms with Crippen molar-refractivity contribution in [3.63, 3.8) is 0 Å². The van der Waals surface area contributed by atoms with Crippen molar-refractivity contribution >= 4 is 18.7 Å². The quantitative estimate of drug-likeness (QED) is 0.271. The van der Waals surface area contributed by atoms with Gasteiger partial charge >= 0.3 is 0 Å². The van der Waals surface area contributed by atoms with Crippen LogP contribution in [0.1, 0.15) is 34.1 Å². The van der Waals surface area contributed by atoms with E-state index in [4.69, 9.17) is 9.16 Å². The van der Waals surface area contributed by atoms with Crippen molar-refractivity contribution < 1.29 is 40.3 Å². The molecule has 0 aromatic heterocycles. The second-order valence-corrected chi connectivity index (χ2v) is 13.7. The van der Waals surface area contributed by atoms with E-state index in [1.54, 1.807) is 0 Å². The third-order valence-corrected chi connectivity index (χ3v) is 11.7. The molecule has 2 aromatic carbocycles. The first kappa shape index (κ1) is 23.0. The van der Waals surface area contributed by atoms with Gasteiger partial charge in [0.15, 0.2) is 0 Å². The van der Waals surface area contributed by atoms with Gasteiger partial charge < -0.3 is 9.16 Å². The summed E-state index contributed by atoms with van der Waals surface area (Å²) in [6.45, 7) is 16.1. The first-order valence-electron chi connectivity index (χ1n) is 10.2. The van der Waals surface area contributed by atoms with Crippen molar-refractivity contribution in [3.05, 3.63) is 79.4 Å². The van der Waals surface area contributed by atoms with E-state index in [-0.39, 0.29) is 41.8 Å². The molecule has 1 heterocycles. The van der Waals surface area contributed by atoms with E-state index in [0.29, 0.717) is 18.4 Å². The van der Waals surface area contributed by atoms with Gasteiger partial charge in [0.25, 0.3) is 8.32 Å². The zero-order valence-electron chi connectivity index (χ0n) is 17.9. The standard InChI is InChI=1S/C25H31O2Si.U/c1-19-16-25(20(2)23(19)17-26-25)18-27-28(24(3,4)5,21-12-8-6-9-13-21)22-14-10-7-11-15-22;/h6-15,17,20,23H,1,16,18H2,2-5H3;/q-1;/t20-,23-,25-;/m0./s1. The largest absolute Gasteiger partial charge is 0.545 e. The van der Waals surface area contributed by atoms with E-state index in [2.05, 4.69) is 94.9 Å². The topological polar surface area (TPSA) is 18.5 Å². The van der Waals surface area contributed by atoms with Crippen LogP contribution in [0.15, 0.2) is 72.8 Å². The molecule has 4 rings (SSSR count). The van der Waals surface area contributed by atoms with Gasteiger partial charge in [0.2, 0.25) is 0 Å². The first-order chi connectivity index (χ1) is 13.3. The van der Waals surface area contributed by atoms with Gasteiger partial charge in [0.05, 0.1) is 12.2 Å². The SMILES string of the molecule is C=C1C[C@@]2(CO[Si](c3ccccc3)(c3ccccc3)C(C)(C)C)O[CH-][C@@H]1[C@@H]2C.[U]. The molecular formula is C25H31O2SiU-. The Bertz CT molecular complexity index is 807. The van der Waals surface area contributed by atoms with E-state index in [1.807, 2.05) is 6.61 Å². The Balaban J connectivity index is 0.00000240. The van der Waals surface area contributed by atoms with Crippen LogP contribution in [-0.4, -0.2) is 20.5 Å². The van der Waals surface area contributed by atoms with Crippen LogP contribution in [0.2, 0.25) is 5.04 Å². The number of fused-ring (bicyclic) bond motifs is 2. The Morgan fingerprint density at radius 1 is 1.07 bits per heavy atom. The molecule has 2 aliphatic rings. The van der Waals surface area contributed by atoms with Crippen LogP contribution in [0.3, 0.4) is 0 Å². The fraction of sp³-hybridized carbons (Fsp3) is 0.400. The molecule has 1 saturated heterocycles. The van der Waals surface area contributed by atoms with Crippen LogP contribution < -0.4 is 10.4 Å². The average Bonchev–Trinajstić information content (AvgIpc) is 3.11. The number of ether oxygens (including phenoxy) is 1. The Morgan fingerprint density at radius 2 is 1.59 bits per heavy atom. The van der Waals surface area contributed by atoms with Crippen LogP contribution in [-0.2, 0) is 9.16 Å². The van der Waals surface area contributed by atoms with Crippen molar-refractivity contribution in [3.8, 4) is 0 Å². The molecule has 1 aliphatic heterocycles. The second-order valence-electron chi connectivity index (χ2n) is 9.42. The minimum atomic E-state index is -2.54. The minimum absolute atomic E-state index is 0. The maximum Gasteiger partial charge on any atom is 0.261 e. The zero-order chi connectivity index (χ0) is 20.0. The fourth-order valence-electron chi connectivity index (χ4n) is 5.12. The third kappa shape index (κ3) is 3.77. The molecule has 1 aliphatic carbocycles. The van der Waals surface area contributed by atoms with Crippen molar-refractivity contribution in [1.29, 1.82) is 0 Å². The molecule has 4 heteroatoms. The molecule has 29 heavy (non-hydrogen) atoms. The van der Waals surface area contributed by atoms with Gasteiger partial charge in [-0.25, -0.2) is 6.61 Å². The molecule has 2 fully saturated rings.